The van der Waals surface area contributed by atoms with Crippen LogP contribution in [0.1, 0.15) is 16.7 Å². The van der Waals surface area contributed by atoms with E-state index in [4.69, 9.17) is 4.74 Å². The lowest BCUT2D eigenvalue weighted by molar-refractivity contribution is 0.293. The van der Waals surface area contributed by atoms with E-state index in [0.29, 0.717) is 19.0 Å². The topological polar surface area (TPSA) is 74.3 Å². The van der Waals surface area contributed by atoms with Crippen molar-refractivity contribution < 1.29 is 4.74 Å². The number of pyridine rings is 1. The molecule has 0 aliphatic carbocycles. The number of ether oxygens (including phenoxy) is 1. The molecule has 2 heterocycles. The predicted molar refractivity (Wildman–Crippen MR) is 141 cm³/mol. The van der Waals surface area contributed by atoms with E-state index in [-0.39, 0.29) is 24.0 Å². The van der Waals surface area contributed by atoms with Crippen LogP contribution in [0.5, 0.6) is 5.88 Å². The molecule has 7 heteroatoms. The Balaban J connectivity index is 0.00000289. The second-order valence-corrected chi connectivity index (χ2v) is 7.24. The largest absolute Gasteiger partial charge is 0.473 e. The smallest absolute Gasteiger partial charge is 0.213 e. The Hall–Kier alpha value is -3.07. The van der Waals surface area contributed by atoms with Gasteiger partial charge in [-0.2, -0.15) is 0 Å². The minimum atomic E-state index is 0. The lowest BCUT2D eigenvalue weighted by Gasteiger charge is -2.12. The number of H-pyrrole nitrogens is 1. The van der Waals surface area contributed by atoms with Crippen LogP contribution < -0.4 is 15.4 Å². The zero-order valence-electron chi connectivity index (χ0n) is 18.0. The number of aliphatic imine (C=N–C) groups is 1. The fraction of sp³-hybridized carbons (Fsp3) is 0.200. The Morgan fingerprint density at radius 3 is 2.66 bits per heavy atom. The molecule has 166 valence electrons. The summed E-state index contributed by atoms with van der Waals surface area (Å²) < 4.78 is 5.82. The van der Waals surface area contributed by atoms with Gasteiger partial charge in [-0.15, -0.1) is 24.0 Å². The highest BCUT2D eigenvalue weighted by Crippen LogP contribution is 2.17. The summed E-state index contributed by atoms with van der Waals surface area (Å²) in [5.74, 6) is 1.38. The number of halogens is 1. The SMILES string of the molecule is CN=C(NCCc1c[nH]c2ccccc12)NCc1ccnc(OCc2ccccc2)c1.I. The Kier molecular flexibility index (Phi) is 8.91. The number of hydrogen-bond donors (Lipinski definition) is 3. The van der Waals surface area contributed by atoms with Gasteiger partial charge in [0.15, 0.2) is 5.96 Å². The molecule has 2 aromatic heterocycles. The third-order valence-corrected chi connectivity index (χ3v) is 5.07. The molecule has 0 bridgehead atoms. The van der Waals surface area contributed by atoms with E-state index in [2.05, 4.69) is 50.0 Å². The van der Waals surface area contributed by atoms with Gasteiger partial charge >= 0.3 is 0 Å². The maximum absolute atomic E-state index is 5.82. The van der Waals surface area contributed by atoms with Crippen LogP contribution in [0.2, 0.25) is 0 Å². The molecule has 32 heavy (non-hydrogen) atoms. The van der Waals surface area contributed by atoms with Gasteiger partial charge in [-0.05, 0) is 35.2 Å². The fourth-order valence-electron chi connectivity index (χ4n) is 3.43. The highest BCUT2D eigenvalue weighted by Gasteiger charge is 2.05. The Labute approximate surface area is 205 Å². The van der Waals surface area contributed by atoms with E-state index in [0.717, 1.165) is 30.1 Å². The third-order valence-electron chi connectivity index (χ3n) is 5.07. The molecule has 0 amide bonds. The van der Waals surface area contributed by atoms with E-state index in [1.807, 2.05) is 48.5 Å². The number of rotatable bonds is 8. The van der Waals surface area contributed by atoms with Crippen molar-refractivity contribution >= 4 is 40.8 Å². The summed E-state index contributed by atoms with van der Waals surface area (Å²) in [5, 5.41) is 8.00. The molecule has 0 unspecified atom stereocenters. The summed E-state index contributed by atoms with van der Waals surface area (Å²) in [6.07, 6.45) is 4.76. The normalized spacial score (nSPS) is 11.1. The lowest BCUT2D eigenvalue weighted by Crippen LogP contribution is -2.37. The first-order valence-corrected chi connectivity index (χ1v) is 10.4. The molecule has 0 saturated heterocycles. The van der Waals surface area contributed by atoms with Crippen molar-refractivity contribution in [3.8, 4) is 5.88 Å². The van der Waals surface area contributed by atoms with E-state index in [1.54, 1.807) is 13.2 Å². The standard InChI is InChI=1S/C25H27N5O.HI/c1-26-25(28-14-12-21-17-29-23-10-6-5-9-22(21)23)30-16-20-11-13-27-24(15-20)31-18-19-7-3-2-4-8-19;/h2-11,13,15,17,29H,12,14,16,18H2,1H3,(H2,26,28,30);1H. The average molecular weight is 541 g/mol. The van der Waals surface area contributed by atoms with E-state index in [9.17, 15) is 0 Å². The van der Waals surface area contributed by atoms with Gasteiger partial charge in [0, 0.05) is 49.5 Å². The van der Waals surface area contributed by atoms with Crippen molar-refractivity contribution in [2.75, 3.05) is 13.6 Å². The van der Waals surface area contributed by atoms with Gasteiger partial charge in [0.25, 0.3) is 0 Å². The average Bonchev–Trinajstić information content (AvgIpc) is 3.24. The van der Waals surface area contributed by atoms with Crippen LogP contribution >= 0.6 is 24.0 Å². The number of hydrogen-bond acceptors (Lipinski definition) is 3. The molecule has 0 aliphatic heterocycles. The molecule has 0 fully saturated rings. The van der Waals surface area contributed by atoms with Gasteiger partial charge in [0.05, 0.1) is 0 Å². The van der Waals surface area contributed by atoms with Crippen molar-refractivity contribution in [2.24, 2.45) is 4.99 Å². The maximum Gasteiger partial charge on any atom is 0.213 e. The summed E-state index contributed by atoms with van der Waals surface area (Å²) >= 11 is 0. The number of fused-ring (bicyclic) bond motifs is 1. The lowest BCUT2D eigenvalue weighted by atomic mass is 10.1. The van der Waals surface area contributed by atoms with Crippen LogP contribution in [0.25, 0.3) is 10.9 Å². The van der Waals surface area contributed by atoms with Gasteiger partial charge < -0.3 is 20.4 Å². The second kappa shape index (κ2) is 12.1. The van der Waals surface area contributed by atoms with Gasteiger partial charge in [0.1, 0.15) is 6.61 Å². The summed E-state index contributed by atoms with van der Waals surface area (Å²) in [4.78, 5) is 11.9. The van der Waals surface area contributed by atoms with E-state index >= 15 is 0 Å². The summed E-state index contributed by atoms with van der Waals surface area (Å²) in [7, 11) is 1.78. The summed E-state index contributed by atoms with van der Waals surface area (Å²) in [6, 6.07) is 22.4. The molecule has 2 aromatic carbocycles. The monoisotopic (exact) mass is 541 g/mol. The number of nitrogens with zero attached hydrogens (tertiary/aromatic N) is 2. The molecule has 0 radical (unpaired) electrons. The van der Waals surface area contributed by atoms with Crippen LogP contribution in [-0.4, -0.2) is 29.5 Å². The molecule has 0 atom stereocenters. The number of aromatic amines is 1. The molecule has 0 saturated carbocycles. The number of benzene rings is 2. The Bertz CT molecular complexity index is 1140. The molecule has 6 nitrogen and oxygen atoms in total. The van der Waals surface area contributed by atoms with Crippen LogP contribution in [-0.2, 0) is 19.6 Å². The second-order valence-electron chi connectivity index (χ2n) is 7.24. The van der Waals surface area contributed by atoms with Crippen molar-refractivity contribution in [2.45, 2.75) is 19.6 Å². The van der Waals surface area contributed by atoms with Crippen LogP contribution in [0.15, 0.2) is 84.1 Å². The van der Waals surface area contributed by atoms with Gasteiger partial charge in [-0.1, -0.05) is 48.5 Å². The van der Waals surface area contributed by atoms with Gasteiger partial charge in [0.2, 0.25) is 5.88 Å². The van der Waals surface area contributed by atoms with Crippen molar-refractivity contribution in [3.05, 3.63) is 95.8 Å². The minimum Gasteiger partial charge on any atom is -0.473 e. The quantitative estimate of drug-likeness (QED) is 0.172. The van der Waals surface area contributed by atoms with E-state index < -0.39 is 0 Å². The first-order chi connectivity index (χ1) is 15.3. The first-order valence-electron chi connectivity index (χ1n) is 10.4. The van der Waals surface area contributed by atoms with Gasteiger partial charge in [-0.3, -0.25) is 4.99 Å². The third kappa shape index (κ3) is 6.46. The maximum atomic E-state index is 5.82. The minimum absolute atomic E-state index is 0. The Morgan fingerprint density at radius 2 is 1.81 bits per heavy atom. The highest BCUT2D eigenvalue weighted by molar-refractivity contribution is 14.0. The molecule has 0 spiro atoms. The summed E-state index contributed by atoms with van der Waals surface area (Å²) in [5.41, 5.74) is 4.67. The first kappa shape index (κ1) is 23.6. The number of nitrogens with one attached hydrogen (secondary N) is 3. The molecular formula is C25H28IN5O. The molecule has 3 N–H and O–H groups in total. The summed E-state index contributed by atoms with van der Waals surface area (Å²) in [6.45, 7) is 1.93. The number of aromatic nitrogens is 2. The zero-order chi connectivity index (χ0) is 21.3. The van der Waals surface area contributed by atoms with Crippen LogP contribution in [0, 0.1) is 0 Å². The molecular weight excluding hydrogens is 513 g/mol. The molecule has 4 aromatic rings. The van der Waals surface area contributed by atoms with Crippen LogP contribution in [0.4, 0.5) is 0 Å². The number of guanidine groups is 1. The van der Waals surface area contributed by atoms with Crippen LogP contribution in [0.3, 0.4) is 0 Å². The Morgan fingerprint density at radius 1 is 1.00 bits per heavy atom. The van der Waals surface area contributed by atoms with Crippen molar-refractivity contribution in [3.63, 3.8) is 0 Å². The number of para-hydroxylation sites is 1. The predicted octanol–water partition coefficient (Wildman–Crippen LogP) is 4.67. The molecule has 4 rings (SSSR count). The van der Waals surface area contributed by atoms with E-state index in [1.165, 1.54) is 16.5 Å². The fourth-order valence-corrected chi connectivity index (χ4v) is 3.43. The van der Waals surface area contributed by atoms with Crippen molar-refractivity contribution in [1.29, 1.82) is 0 Å². The molecule has 0 aliphatic rings. The highest BCUT2D eigenvalue weighted by atomic mass is 127. The zero-order valence-corrected chi connectivity index (χ0v) is 20.4. The van der Waals surface area contributed by atoms with Crippen molar-refractivity contribution in [1.82, 2.24) is 20.6 Å². The van der Waals surface area contributed by atoms with Gasteiger partial charge in [-0.25, -0.2) is 4.98 Å².